The Hall–Kier alpha value is -0.900. The average Bonchev–Trinajstić information content (AvgIpc) is 2.78. The van der Waals surface area contributed by atoms with Crippen LogP contribution in [0.5, 0.6) is 0 Å². The van der Waals surface area contributed by atoms with Crippen molar-refractivity contribution in [2.75, 3.05) is 24.5 Å². The number of furan rings is 1. The number of benzene rings is 1. The molecule has 0 bridgehead atoms. The van der Waals surface area contributed by atoms with Crippen LogP contribution in [0.3, 0.4) is 0 Å². The van der Waals surface area contributed by atoms with Crippen LogP contribution in [0.1, 0.15) is 6.92 Å². The van der Waals surface area contributed by atoms with Crippen molar-refractivity contribution in [3.05, 3.63) is 28.4 Å². The third-order valence-corrected chi connectivity index (χ3v) is 3.90. The SMILES string of the molecule is C[C@@H]1CN(c2c(Cl)cc(Cl)c3ccoc23)CCN1. The first kappa shape index (κ1) is 12.2. The van der Waals surface area contributed by atoms with Crippen LogP contribution in [0, 0.1) is 0 Å². The quantitative estimate of drug-likeness (QED) is 0.868. The van der Waals surface area contributed by atoms with Crippen molar-refractivity contribution >= 4 is 39.9 Å². The molecule has 3 nitrogen and oxygen atoms in total. The summed E-state index contributed by atoms with van der Waals surface area (Å²) in [6, 6.07) is 4.11. The van der Waals surface area contributed by atoms with E-state index in [0.29, 0.717) is 16.1 Å². The molecule has 1 N–H and O–H groups in total. The lowest BCUT2D eigenvalue weighted by Gasteiger charge is -2.34. The Labute approximate surface area is 116 Å². The maximum atomic E-state index is 6.34. The van der Waals surface area contributed by atoms with Crippen LogP contribution < -0.4 is 10.2 Å². The van der Waals surface area contributed by atoms with Gasteiger partial charge in [0.2, 0.25) is 0 Å². The molecular formula is C13H14Cl2N2O. The summed E-state index contributed by atoms with van der Waals surface area (Å²) in [5, 5.41) is 5.62. The standard InChI is InChI=1S/C13H14Cl2N2O/c1-8-7-17(4-3-16-8)12-11(15)6-10(14)9-2-5-18-13(9)12/h2,5-6,8,16H,3-4,7H2,1H3/t8-/m1/s1. The molecule has 0 amide bonds. The van der Waals surface area contributed by atoms with Crippen molar-refractivity contribution in [1.29, 1.82) is 0 Å². The zero-order chi connectivity index (χ0) is 12.7. The van der Waals surface area contributed by atoms with Crippen LogP contribution in [0.4, 0.5) is 5.69 Å². The fourth-order valence-electron chi connectivity index (χ4n) is 2.48. The maximum Gasteiger partial charge on any atom is 0.160 e. The fraction of sp³-hybridized carbons (Fsp3) is 0.385. The third kappa shape index (κ3) is 1.96. The van der Waals surface area contributed by atoms with E-state index in [-0.39, 0.29) is 0 Å². The Morgan fingerprint density at radius 2 is 2.22 bits per heavy atom. The summed E-state index contributed by atoms with van der Waals surface area (Å²) in [6.45, 7) is 4.94. The number of piperazine rings is 1. The Morgan fingerprint density at radius 1 is 1.39 bits per heavy atom. The zero-order valence-electron chi connectivity index (χ0n) is 10.0. The summed E-state index contributed by atoms with van der Waals surface area (Å²) in [6.07, 6.45) is 1.65. The minimum Gasteiger partial charge on any atom is -0.462 e. The fourth-order valence-corrected chi connectivity index (χ4v) is 3.10. The van der Waals surface area contributed by atoms with Crippen LogP contribution in [0.2, 0.25) is 10.0 Å². The highest BCUT2D eigenvalue weighted by Gasteiger charge is 2.22. The van der Waals surface area contributed by atoms with E-state index < -0.39 is 0 Å². The van der Waals surface area contributed by atoms with Gasteiger partial charge in [0.15, 0.2) is 5.58 Å². The molecule has 0 spiro atoms. The van der Waals surface area contributed by atoms with E-state index in [2.05, 4.69) is 17.1 Å². The highest BCUT2D eigenvalue weighted by atomic mass is 35.5. The first-order chi connectivity index (χ1) is 8.66. The molecule has 1 aromatic carbocycles. The number of halogens is 2. The number of fused-ring (bicyclic) bond motifs is 1. The molecule has 1 aromatic heterocycles. The molecule has 5 heteroatoms. The van der Waals surface area contributed by atoms with Gasteiger partial charge in [-0.3, -0.25) is 0 Å². The van der Waals surface area contributed by atoms with Gasteiger partial charge in [-0.05, 0) is 19.1 Å². The largest absolute Gasteiger partial charge is 0.462 e. The molecule has 1 aliphatic heterocycles. The van der Waals surface area contributed by atoms with Crippen LogP contribution in [0.25, 0.3) is 11.0 Å². The minimum absolute atomic E-state index is 0.440. The minimum atomic E-state index is 0.440. The van der Waals surface area contributed by atoms with Gasteiger partial charge in [0.1, 0.15) is 0 Å². The van der Waals surface area contributed by atoms with E-state index in [9.17, 15) is 0 Å². The Kier molecular flexibility index (Phi) is 3.14. The topological polar surface area (TPSA) is 28.4 Å². The molecule has 2 heterocycles. The maximum absolute atomic E-state index is 6.34. The van der Waals surface area contributed by atoms with Gasteiger partial charge < -0.3 is 14.6 Å². The van der Waals surface area contributed by atoms with Gasteiger partial charge in [-0.2, -0.15) is 0 Å². The van der Waals surface area contributed by atoms with Crippen LogP contribution in [0.15, 0.2) is 22.8 Å². The number of hydrogen-bond donors (Lipinski definition) is 1. The van der Waals surface area contributed by atoms with E-state index in [1.165, 1.54) is 0 Å². The average molecular weight is 285 g/mol. The van der Waals surface area contributed by atoms with Crippen molar-refractivity contribution in [1.82, 2.24) is 5.32 Å². The lowest BCUT2D eigenvalue weighted by Crippen LogP contribution is -2.49. The van der Waals surface area contributed by atoms with Crippen LogP contribution >= 0.6 is 23.2 Å². The molecule has 0 aliphatic carbocycles. The number of anilines is 1. The summed E-state index contributed by atoms with van der Waals surface area (Å²) >= 11 is 12.5. The first-order valence-electron chi connectivity index (χ1n) is 6.00. The van der Waals surface area contributed by atoms with E-state index >= 15 is 0 Å². The summed E-state index contributed by atoms with van der Waals surface area (Å²) in [4.78, 5) is 2.26. The molecule has 0 saturated carbocycles. The van der Waals surface area contributed by atoms with Gasteiger partial charge in [-0.15, -0.1) is 0 Å². The smallest absolute Gasteiger partial charge is 0.160 e. The normalized spacial score (nSPS) is 20.6. The van der Waals surface area contributed by atoms with E-state index in [1.807, 2.05) is 6.07 Å². The van der Waals surface area contributed by atoms with Crippen molar-refractivity contribution < 1.29 is 4.42 Å². The van der Waals surface area contributed by atoms with Gasteiger partial charge in [0.05, 0.1) is 22.0 Å². The molecule has 2 aromatic rings. The molecule has 96 valence electrons. The highest BCUT2D eigenvalue weighted by molar-refractivity contribution is 6.40. The van der Waals surface area contributed by atoms with Gasteiger partial charge >= 0.3 is 0 Å². The lowest BCUT2D eigenvalue weighted by molar-refractivity contribution is 0.483. The summed E-state index contributed by atoms with van der Waals surface area (Å²) in [5.41, 5.74) is 1.73. The van der Waals surface area contributed by atoms with E-state index in [4.69, 9.17) is 27.6 Å². The summed E-state index contributed by atoms with van der Waals surface area (Å²) < 4.78 is 5.57. The van der Waals surface area contributed by atoms with Crippen molar-refractivity contribution in [2.45, 2.75) is 13.0 Å². The molecule has 1 aliphatic rings. The Balaban J connectivity index is 2.13. The van der Waals surface area contributed by atoms with Crippen molar-refractivity contribution in [2.24, 2.45) is 0 Å². The molecule has 3 rings (SSSR count). The second-order valence-electron chi connectivity index (χ2n) is 4.65. The monoisotopic (exact) mass is 284 g/mol. The van der Waals surface area contributed by atoms with Crippen molar-refractivity contribution in [3.63, 3.8) is 0 Å². The molecular weight excluding hydrogens is 271 g/mol. The van der Waals surface area contributed by atoms with E-state index in [1.54, 1.807) is 12.3 Å². The summed E-state index contributed by atoms with van der Waals surface area (Å²) in [7, 11) is 0. The van der Waals surface area contributed by atoms with Gasteiger partial charge in [0, 0.05) is 31.1 Å². The lowest BCUT2D eigenvalue weighted by atomic mass is 10.1. The second kappa shape index (κ2) is 4.65. The number of hydrogen-bond acceptors (Lipinski definition) is 3. The summed E-state index contributed by atoms with van der Waals surface area (Å²) in [5.74, 6) is 0. The molecule has 1 atom stereocenters. The van der Waals surface area contributed by atoms with Gasteiger partial charge in [-0.25, -0.2) is 0 Å². The van der Waals surface area contributed by atoms with Crippen LogP contribution in [-0.4, -0.2) is 25.7 Å². The van der Waals surface area contributed by atoms with Gasteiger partial charge in [0.25, 0.3) is 0 Å². The highest BCUT2D eigenvalue weighted by Crippen LogP contribution is 2.39. The molecule has 0 radical (unpaired) electrons. The number of nitrogens with one attached hydrogen (secondary N) is 1. The van der Waals surface area contributed by atoms with Gasteiger partial charge in [-0.1, -0.05) is 23.2 Å². The molecule has 1 saturated heterocycles. The molecule has 18 heavy (non-hydrogen) atoms. The molecule has 0 unspecified atom stereocenters. The Bertz CT molecular complexity index is 582. The zero-order valence-corrected chi connectivity index (χ0v) is 11.6. The molecule has 1 fully saturated rings. The number of nitrogens with zero attached hydrogens (tertiary/aromatic N) is 1. The predicted molar refractivity (Wildman–Crippen MR) is 75.9 cm³/mol. The predicted octanol–water partition coefficient (Wildman–Crippen LogP) is 3.54. The number of rotatable bonds is 1. The second-order valence-corrected chi connectivity index (χ2v) is 5.47. The van der Waals surface area contributed by atoms with Crippen LogP contribution in [-0.2, 0) is 0 Å². The Morgan fingerprint density at radius 3 is 3.00 bits per heavy atom. The first-order valence-corrected chi connectivity index (χ1v) is 6.76. The van der Waals surface area contributed by atoms with Crippen molar-refractivity contribution in [3.8, 4) is 0 Å². The third-order valence-electron chi connectivity index (χ3n) is 3.30. The van der Waals surface area contributed by atoms with E-state index in [0.717, 1.165) is 36.3 Å².